The number of amides is 1. The third-order valence-electron chi connectivity index (χ3n) is 3.89. The summed E-state index contributed by atoms with van der Waals surface area (Å²) in [5.74, 6) is 0.0674. The summed E-state index contributed by atoms with van der Waals surface area (Å²) >= 11 is 0. The topological polar surface area (TPSA) is 59.9 Å². The largest absolute Gasteiger partial charge is 0.484 e. The number of ether oxygens (including phenoxy) is 2. The molecule has 0 aliphatic rings. The van der Waals surface area contributed by atoms with Gasteiger partial charge >= 0.3 is 6.61 Å². The minimum Gasteiger partial charge on any atom is -0.484 e. The normalized spacial score (nSPS) is 11.1. The quantitative estimate of drug-likeness (QED) is 0.489. The third kappa shape index (κ3) is 5.03. The minimum absolute atomic E-state index is 0.0253. The number of hydrogen-bond donors (Lipinski definition) is 1. The summed E-state index contributed by atoms with van der Waals surface area (Å²) in [6.45, 7) is -1.28. The molecular weight excluding hydrogens is 366 g/mol. The maximum absolute atomic E-state index is 12.7. The van der Waals surface area contributed by atoms with Gasteiger partial charge in [-0.1, -0.05) is 42.5 Å². The molecule has 1 N–H and O–H groups in total. The molecule has 0 aromatic heterocycles. The molecule has 5 nitrogen and oxygen atoms in total. The van der Waals surface area contributed by atoms with Crippen LogP contribution < -0.4 is 14.9 Å². The third-order valence-corrected chi connectivity index (χ3v) is 3.89. The Labute approximate surface area is 160 Å². The second kappa shape index (κ2) is 8.94. The van der Waals surface area contributed by atoms with Gasteiger partial charge < -0.3 is 9.47 Å². The first-order chi connectivity index (χ1) is 13.5. The van der Waals surface area contributed by atoms with Crippen molar-refractivity contribution in [1.29, 1.82) is 0 Å². The number of aryl methyl sites for hydroxylation is 1. The van der Waals surface area contributed by atoms with Crippen molar-refractivity contribution in [2.24, 2.45) is 5.10 Å². The highest BCUT2D eigenvalue weighted by atomic mass is 19.3. The lowest BCUT2D eigenvalue weighted by Gasteiger charge is -2.10. The van der Waals surface area contributed by atoms with E-state index in [1.54, 1.807) is 30.3 Å². The van der Waals surface area contributed by atoms with Gasteiger partial charge in [0.25, 0.3) is 5.91 Å². The molecule has 0 unspecified atom stereocenters. The first-order valence-electron chi connectivity index (χ1n) is 8.51. The van der Waals surface area contributed by atoms with E-state index < -0.39 is 12.5 Å². The van der Waals surface area contributed by atoms with E-state index in [1.165, 1.54) is 12.3 Å². The van der Waals surface area contributed by atoms with E-state index in [1.807, 2.05) is 31.2 Å². The molecule has 0 aliphatic carbocycles. The summed E-state index contributed by atoms with van der Waals surface area (Å²) in [5.41, 5.74) is 3.68. The van der Waals surface area contributed by atoms with Crippen LogP contribution in [0.15, 0.2) is 65.8 Å². The number of fused-ring (bicyclic) bond motifs is 1. The maximum atomic E-state index is 12.7. The number of benzene rings is 3. The van der Waals surface area contributed by atoms with E-state index in [-0.39, 0.29) is 12.4 Å². The van der Waals surface area contributed by atoms with Crippen molar-refractivity contribution in [2.45, 2.75) is 13.5 Å². The van der Waals surface area contributed by atoms with Gasteiger partial charge in [0.15, 0.2) is 6.61 Å². The molecular formula is C21H18F2N2O3. The van der Waals surface area contributed by atoms with E-state index in [2.05, 4.69) is 15.3 Å². The number of nitrogens with one attached hydrogen (secondary N) is 1. The highest BCUT2D eigenvalue weighted by Crippen LogP contribution is 2.27. The van der Waals surface area contributed by atoms with Gasteiger partial charge in [-0.25, -0.2) is 5.43 Å². The lowest BCUT2D eigenvalue weighted by Crippen LogP contribution is -2.24. The van der Waals surface area contributed by atoms with Crippen molar-refractivity contribution in [3.63, 3.8) is 0 Å². The number of halogens is 2. The van der Waals surface area contributed by atoms with Crippen LogP contribution in [0.3, 0.4) is 0 Å². The fraction of sp³-hybridized carbons (Fsp3) is 0.143. The van der Waals surface area contributed by atoms with Crippen molar-refractivity contribution < 1.29 is 23.0 Å². The van der Waals surface area contributed by atoms with Crippen LogP contribution in [-0.4, -0.2) is 25.3 Å². The van der Waals surface area contributed by atoms with E-state index in [0.29, 0.717) is 16.7 Å². The lowest BCUT2D eigenvalue weighted by atomic mass is 10.0. The van der Waals surface area contributed by atoms with Crippen molar-refractivity contribution in [1.82, 2.24) is 5.43 Å². The van der Waals surface area contributed by atoms with E-state index in [4.69, 9.17) is 4.74 Å². The van der Waals surface area contributed by atoms with Gasteiger partial charge in [0.2, 0.25) is 0 Å². The molecule has 1 amide bonds. The van der Waals surface area contributed by atoms with Crippen LogP contribution in [-0.2, 0) is 4.79 Å². The number of carbonyl (C=O) groups excluding carboxylic acids is 1. The van der Waals surface area contributed by atoms with Gasteiger partial charge in [-0.3, -0.25) is 4.79 Å². The summed E-state index contributed by atoms with van der Waals surface area (Å²) in [4.78, 5) is 11.9. The number of carbonyl (C=O) groups is 1. The second-order valence-electron chi connectivity index (χ2n) is 5.98. The molecule has 28 heavy (non-hydrogen) atoms. The summed E-state index contributed by atoms with van der Waals surface area (Å²) in [7, 11) is 0. The molecule has 0 radical (unpaired) electrons. The molecule has 144 valence electrons. The van der Waals surface area contributed by atoms with Crippen LogP contribution in [0.25, 0.3) is 10.8 Å². The highest BCUT2D eigenvalue weighted by molar-refractivity contribution is 6.02. The summed E-state index contributed by atoms with van der Waals surface area (Å²) < 4.78 is 35.3. The zero-order valence-electron chi connectivity index (χ0n) is 15.1. The SMILES string of the molecule is Cc1cccc(OCC(=O)N/N=C\c2c(OC(F)F)ccc3ccccc23)c1. The van der Waals surface area contributed by atoms with Gasteiger partial charge in [0.1, 0.15) is 11.5 Å². The van der Waals surface area contributed by atoms with Crippen LogP contribution in [0, 0.1) is 6.92 Å². The fourth-order valence-electron chi connectivity index (χ4n) is 2.66. The molecule has 0 spiro atoms. The Balaban J connectivity index is 1.70. The number of rotatable bonds is 7. The molecule has 0 saturated heterocycles. The van der Waals surface area contributed by atoms with Gasteiger partial charge in [-0.2, -0.15) is 13.9 Å². The van der Waals surface area contributed by atoms with Crippen molar-refractivity contribution in [3.8, 4) is 11.5 Å². The number of hydrogen-bond acceptors (Lipinski definition) is 4. The van der Waals surface area contributed by atoms with Crippen LogP contribution in [0.2, 0.25) is 0 Å². The Morgan fingerprint density at radius 2 is 1.96 bits per heavy atom. The van der Waals surface area contributed by atoms with Gasteiger partial charge in [-0.15, -0.1) is 0 Å². The van der Waals surface area contributed by atoms with Gasteiger partial charge in [0.05, 0.1) is 6.21 Å². The predicted octanol–water partition coefficient (Wildman–Crippen LogP) is 4.28. The zero-order valence-corrected chi connectivity index (χ0v) is 15.1. The second-order valence-corrected chi connectivity index (χ2v) is 5.98. The smallest absolute Gasteiger partial charge is 0.387 e. The average Bonchev–Trinajstić information content (AvgIpc) is 2.67. The molecule has 3 aromatic rings. The van der Waals surface area contributed by atoms with Crippen molar-refractivity contribution >= 4 is 22.9 Å². The molecule has 0 heterocycles. The Morgan fingerprint density at radius 3 is 2.75 bits per heavy atom. The number of alkyl halides is 2. The minimum atomic E-state index is -2.97. The van der Waals surface area contributed by atoms with Crippen LogP contribution in [0.4, 0.5) is 8.78 Å². The monoisotopic (exact) mass is 384 g/mol. The average molecular weight is 384 g/mol. The Morgan fingerprint density at radius 1 is 1.14 bits per heavy atom. The molecule has 3 rings (SSSR count). The molecule has 3 aromatic carbocycles. The molecule has 0 aliphatic heterocycles. The lowest BCUT2D eigenvalue weighted by molar-refractivity contribution is -0.123. The summed E-state index contributed by atoms with van der Waals surface area (Å²) in [6, 6.07) is 17.6. The van der Waals surface area contributed by atoms with Gasteiger partial charge in [-0.05, 0) is 41.5 Å². The first kappa shape index (κ1) is 19.3. The Hall–Kier alpha value is -3.48. The predicted molar refractivity (Wildman–Crippen MR) is 103 cm³/mol. The maximum Gasteiger partial charge on any atom is 0.387 e. The Kier molecular flexibility index (Phi) is 6.16. The number of nitrogens with zero attached hydrogens (tertiary/aromatic N) is 1. The van der Waals surface area contributed by atoms with Gasteiger partial charge in [0, 0.05) is 5.56 Å². The van der Waals surface area contributed by atoms with E-state index in [0.717, 1.165) is 10.9 Å². The highest BCUT2D eigenvalue weighted by Gasteiger charge is 2.12. The molecule has 0 fully saturated rings. The zero-order chi connectivity index (χ0) is 19.9. The summed E-state index contributed by atoms with van der Waals surface area (Å²) in [6.07, 6.45) is 1.28. The molecule has 0 saturated carbocycles. The number of hydrazone groups is 1. The van der Waals surface area contributed by atoms with E-state index >= 15 is 0 Å². The fourth-order valence-corrected chi connectivity index (χ4v) is 2.66. The first-order valence-corrected chi connectivity index (χ1v) is 8.51. The summed E-state index contributed by atoms with van der Waals surface area (Å²) in [5, 5.41) is 5.37. The molecule has 0 bridgehead atoms. The molecule has 0 atom stereocenters. The van der Waals surface area contributed by atoms with Crippen LogP contribution >= 0.6 is 0 Å². The van der Waals surface area contributed by atoms with Crippen molar-refractivity contribution in [3.05, 3.63) is 71.8 Å². The van der Waals surface area contributed by atoms with Crippen LogP contribution in [0.1, 0.15) is 11.1 Å². The standard InChI is InChI=1S/C21H18F2N2O3/c1-14-5-4-7-16(11-14)27-13-20(26)25-24-12-18-17-8-3-2-6-15(17)9-10-19(18)28-21(22)23/h2-12,21H,13H2,1H3,(H,25,26)/b24-12-. The van der Waals surface area contributed by atoms with Crippen LogP contribution in [0.5, 0.6) is 11.5 Å². The molecule has 7 heteroatoms. The Bertz CT molecular complexity index is 1010. The van der Waals surface area contributed by atoms with E-state index in [9.17, 15) is 13.6 Å². The van der Waals surface area contributed by atoms with Crippen molar-refractivity contribution in [2.75, 3.05) is 6.61 Å².